The van der Waals surface area contributed by atoms with Crippen molar-refractivity contribution in [3.63, 3.8) is 0 Å². The van der Waals surface area contributed by atoms with E-state index in [4.69, 9.17) is 23.2 Å². The molecule has 2 aromatic carbocycles. The lowest BCUT2D eigenvalue weighted by atomic mass is 10.1. The minimum absolute atomic E-state index is 0.0220. The van der Waals surface area contributed by atoms with Gasteiger partial charge < -0.3 is 5.32 Å². The zero-order valence-electron chi connectivity index (χ0n) is 15.1. The van der Waals surface area contributed by atoms with Crippen LogP contribution in [0, 0.1) is 0 Å². The van der Waals surface area contributed by atoms with Crippen molar-refractivity contribution in [2.75, 3.05) is 11.9 Å². The Morgan fingerprint density at radius 3 is 2.45 bits per heavy atom. The van der Waals surface area contributed by atoms with Gasteiger partial charge in [-0.25, -0.2) is 18.1 Å². The monoisotopic (exact) mass is 469 g/mol. The molecular weight excluding hydrogens is 453 g/mol. The Labute approximate surface area is 182 Å². The number of rotatable bonds is 8. The third kappa shape index (κ3) is 6.01. The molecule has 0 spiro atoms. The largest absolute Gasteiger partial charge is 0.302 e. The lowest BCUT2D eigenvalue weighted by Crippen LogP contribution is -2.28. The maximum Gasteiger partial charge on any atom is 0.242 e. The molecule has 1 aromatic heterocycles. The van der Waals surface area contributed by atoms with Gasteiger partial charge in [-0.1, -0.05) is 53.5 Å². The van der Waals surface area contributed by atoms with Crippen LogP contribution in [0.3, 0.4) is 0 Å². The number of anilines is 1. The first-order chi connectivity index (χ1) is 13.8. The van der Waals surface area contributed by atoms with E-state index in [0.29, 0.717) is 16.6 Å². The number of thiazole rings is 1. The molecule has 3 aromatic rings. The molecule has 3 rings (SSSR count). The van der Waals surface area contributed by atoms with E-state index >= 15 is 0 Å². The molecule has 6 nitrogen and oxygen atoms in total. The molecule has 0 unspecified atom stereocenters. The summed E-state index contributed by atoms with van der Waals surface area (Å²) in [6.45, 7) is -0.0583. The summed E-state index contributed by atoms with van der Waals surface area (Å²) in [5, 5.41) is 3.93. The van der Waals surface area contributed by atoms with Crippen LogP contribution in [-0.2, 0) is 21.2 Å². The van der Waals surface area contributed by atoms with Crippen molar-refractivity contribution in [3.05, 3.63) is 75.2 Å². The van der Waals surface area contributed by atoms with Gasteiger partial charge in [0.25, 0.3) is 0 Å². The number of carbonyl (C=O) groups excluding carboxylic acids is 1. The Morgan fingerprint density at radius 1 is 1.03 bits per heavy atom. The third-order valence-corrected chi connectivity index (χ3v) is 7.14. The topological polar surface area (TPSA) is 88.2 Å². The minimum atomic E-state index is -3.78. The Balaban J connectivity index is 1.51. The first kappa shape index (κ1) is 21.7. The summed E-state index contributed by atoms with van der Waals surface area (Å²) in [7, 11) is -3.78. The van der Waals surface area contributed by atoms with Crippen molar-refractivity contribution in [2.45, 2.75) is 17.7 Å². The van der Waals surface area contributed by atoms with Gasteiger partial charge in [-0.2, -0.15) is 0 Å². The van der Waals surface area contributed by atoms with Crippen molar-refractivity contribution >= 4 is 55.6 Å². The molecule has 0 aliphatic rings. The van der Waals surface area contributed by atoms with Gasteiger partial charge in [0.1, 0.15) is 4.90 Å². The number of benzene rings is 2. The minimum Gasteiger partial charge on any atom is -0.302 e. The molecule has 1 amide bonds. The molecule has 0 atom stereocenters. The second-order valence-electron chi connectivity index (χ2n) is 6.03. The molecule has 152 valence electrons. The molecular formula is C19H17Cl2N3O3S2. The average molecular weight is 470 g/mol. The lowest BCUT2D eigenvalue weighted by Gasteiger charge is -2.08. The van der Waals surface area contributed by atoms with Gasteiger partial charge in [0.2, 0.25) is 15.9 Å². The zero-order valence-corrected chi connectivity index (χ0v) is 18.2. The van der Waals surface area contributed by atoms with Gasteiger partial charge in [-0.15, -0.1) is 11.3 Å². The van der Waals surface area contributed by atoms with Gasteiger partial charge in [-0.05, 0) is 23.8 Å². The third-order valence-electron chi connectivity index (χ3n) is 3.89. The molecule has 0 saturated heterocycles. The van der Waals surface area contributed by atoms with E-state index in [9.17, 15) is 13.2 Å². The number of aromatic nitrogens is 1. The fraction of sp³-hybridized carbons (Fsp3) is 0.158. The average Bonchev–Trinajstić information content (AvgIpc) is 3.10. The second kappa shape index (κ2) is 9.69. The highest BCUT2D eigenvalue weighted by atomic mass is 35.5. The number of nitrogens with zero attached hydrogens (tertiary/aromatic N) is 1. The summed E-state index contributed by atoms with van der Waals surface area (Å²) in [6.07, 6.45) is 2.26. The van der Waals surface area contributed by atoms with Crippen LogP contribution < -0.4 is 10.0 Å². The van der Waals surface area contributed by atoms with Crippen LogP contribution in [-0.4, -0.2) is 25.9 Å². The predicted octanol–water partition coefficient (Wildman–Crippen LogP) is 4.35. The first-order valence-electron chi connectivity index (χ1n) is 8.57. The SMILES string of the molecule is O=C(CCNS(=O)(=O)c1ccccc1Cl)Nc1ncc(Cc2ccccc2Cl)s1. The van der Waals surface area contributed by atoms with Gasteiger partial charge in [0.05, 0.1) is 5.02 Å². The van der Waals surface area contributed by atoms with E-state index in [-0.39, 0.29) is 28.8 Å². The number of carbonyl (C=O) groups is 1. The fourth-order valence-electron chi connectivity index (χ4n) is 2.50. The molecule has 0 aliphatic heterocycles. The van der Waals surface area contributed by atoms with Gasteiger partial charge >= 0.3 is 0 Å². The van der Waals surface area contributed by atoms with Gasteiger partial charge in [0, 0.05) is 35.5 Å². The Bertz CT molecular complexity index is 1120. The molecule has 10 heteroatoms. The van der Waals surface area contributed by atoms with Crippen molar-refractivity contribution in [2.24, 2.45) is 0 Å². The Hall–Kier alpha value is -1.97. The van der Waals surface area contributed by atoms with Crippen LogP contribution in [0.2, 0.25) is 10.0 Å². The molecule has 0 aliphatic carbocycles. The molecule has 1 heterocycles. The van der Waals surface area contributed by atoms with Crippen molar-refractivity contribution < 1.29 is 13.2 Å². The highest BCUT2D eigenvalue weighted by Crippen LogP contribution is 2.25. The molecule has 29 heavy (non-hydrogen) atoms. The van der Waals surface area contributed by atoms with Gasteiger partial charge in [0.15, 0.2) is 5.13 Å². The molecule has 0 bridgehead atoms. The number of hydrogen-bond donors (Lipinski definition) is 2. The standard InChI is InChI=1S/C19H17Cl2N3O3S2/c20-15-6-2-1-5-13(15)11-14-12-22-19(28-14)24-18(25)9-10-23-29(26,27)17-8-4-3-7-16(17)21/h1-8,12,23H,9-11H2,(H,22,24,25). The quantitative estimate of drug-likeness (QED) is 0.513. The summed E-state index contributed by atoms with van der Waals surface area (Å²) in [5.41, 5.74) is 0.977. The predicted molar refractivity (Wildman–Crippen MR) is 116 cm³/mol. The summed E-state index contributed by atoms with van der Waals surface area (Å²) < 4.78 is 26.9. The molecule has 2 N–H and O–H groups in total. The van der Waals surface area contributed by atoms with Crippen LogP contribution in [0.5, 0.6) is 0 Å². The Kier molecular flexibility index (Phi) is 7.26. The smallest absolute Gasteiger partial charge is 0.242 e. The number of hydrogen-bond acceptors (Lipinski definition) is 5. The van der Waals surface area contributed by atoms with Crippen LogP contribution >= 0.6 is 34.5 Å². The lowest BCUT2D eigenvalue weighted by molar-refractivity contribution is -0.116. The number of halogens is 2. The summed E-state index contributed by atoms with van der Waals surface area (Å²) in [4.78, 5) is 17.2. The summed E-state index contributed by atoms with van der Waals surface area (Å²) in [6, 6.07) is 13.7. The van der Waals surface area contributed by atoms with Crippen LogP contribution in [0.25, 0.3) is 0 Å². The number of nitrogens with one attached hydrogen (secondary N) is 2. The maximum absolute atomic E-state index is 12.2. The number of amides is 1. The molecule has 0 fully saturated rings. The molecule has 0 radical (unpaired) electrons. The van der Waals surface area contributed by atoms with Crippen molar-refractivity contribution in [3.8, 4) is 0 Å². The van der Waals surface area contributed by atoms with E-state index in [1.807, 2.05) is 24.3 Å². The zero-order chi connectivity index (χ0) is 20.9. The van der Waals surface area contributed by atoms with E-state index in [1.165, 1.54) is 23.5 Å². The summed E-state index contributed by atoms with van der Waals surface area (Å²) in [5.74, 6) is -0.342. The first-order valence-corrected chi connectivity index (χ1v) is 11.6. The van der Waals surface area contributed by atoms with E-state index in [1.54, 1.807) is 18.3 Å². The van der Waals surface area contributed by atoms with E-state index in [0.717, 1.165) is 10.4 Å². The summed E-state index contributed by atoms with van der Waals surface area (Å²) >= 11 is 13.4. The van der Waals surface area contributed by atoms with Crippen LogP contribution in [0.1, 0.15) is 16.9 Å². The fourth-order valence-corrected chi connectivity index (χ4v) is 5.10. The normalized spacial score (nSPS) is 11.4. The Morgan fingerprint density at radius 2 is 1.72 bits per heavy atom. The highest BCUT2D eigenvalue weighted by Gasteiger charge is 2.17. The maximum atomic E-state index is 12.2. The van der Waals surface area contributed by atoms with Crippen molar-refractivity contribution in [1.29, 1.82) is 0 Å². The van der Waals surface area contributed by atoms with Crippen LogP contribution in [0.4, 0.5) is 5.13 Å². The highest BCUT2D eigenvalue weighted by molar-refractivity contribution is 7.89. The number of sulfonamides is 1. The van der Waals surface area contributed by atoms with E-state index in [2.05, 4.69) is 15.0 Å². The van der Waals surface area contributed by atoms with Crippen molar-refractivity contribution in [1.82, 2.24) is 9.71 Å². The van der Waals surface area contributed by atoms with Gasteiger partial charge in [-0.3, -0.25) is 4.79 Å². The van der Waals surface area contributed by atoms with Crippen LogP contribution in [0.15, 0.2) is 59.6 Å². The second-order valence-corrected chi connectivity index (χ2v) is 9.69. The molecule has 0 saturated carbocycles. The van der Waals surface area contributed by atoms with E-state index < -0.39 is 10.0 Å².